The van der Waals surface area contributed by atoms with Crippen LogP contribution >= 0.6 is 0 Å². The van der Waals surface area contributed by atoms with Gasteiger partial charge in [-0.25, -0.2) is 4.79 Å². The molecule has 0 radical (unpaired) electrons. The molecule has 1 aromatic carbocycles. The molecule has 28 heavy (non-hydrogen) atoms. The van der Waals surface area contributed by atoms with Gasteiger partial charge in [0.25, 0.3) is 11.8 Å². The second kappa shape index (κ2) is 8.73. The molecule has 7 heteroatoms. The van der Waals surface area contributed by atoms with E-state index < -0.39 is 17.9 Å². The number of anilines is 1. The van der Waals surface area contributed by atoms with Crippen LogP contribution in [-0.4, -0.2) is 37.0 Å². The smallest absolute Gasteiger partial charge is 0.329 e. The number of carbonyl (C=O) groups excluding carboxylic acids is 3. The maximum absolute atomic E-state index is 12.6. The first-order valence-electron chi connectivity index (χ1n) is 9.36. The molecule has 1 aliphatic heterocycles. The van der Waals surface area contributed by atoms with Crippen LogP contribution in [0, 0.1) is 5.92 Å². The first-order chi connectivity index (χ1) is 13.5. The van der Waals surface area contributed by atoms with E-state index in [9.17, 15) is 14.4 Å². The van der Waals surface area contributed by atoms with Crippen LogP contribution in [0.4, 0.5) is 5.69 Å². The van der Waals surface area contributed by atoms with Crippen molar-refractivity contribution in [2.75, 3.05) is 18.1 Å². The number of nitrogens with one attached hydrogen (secondary N) is 1. The zero-order chi connectivity index (χ0) is 20.1. The molecule has 1 unspecified atom stereocenters. The second-order valence-corrected chi connectivity index (χ2v) is 7.06. The van der Waals surface area contributed by atoms with E-state index >= 15 is 0 Å². The van der Waals surface area contributed by atoms with E-state index in [4.69, 9.17) is 9.15 Å². The molecule has 7 nitrogen and oxygen atoms in total. The molecule has 2 amide bonds. The summed E-state index contributed by atoms with van der Waals surface area (Å²) in [4.78, 5) is 38.9. The molecule has 0 saturated heterocycles. The largest absolute Gasteiger partial charge is 0.459 e. The lowest BCUT2D eigenvalue weighted by molar-refractivity contribution is -0.150. The van der Waals surface area contributed by atoms with Gasteiger partial charge >= 0.3 is 5.97 Å². The second-order valence-electron chi connectivity index (χ2n) is 7.06. The molecule has 1 aromatic heterocycles. The monoisotopic (exact) mass is 384 g/mol. The van der Waals surface area contributed by atoms with Gasteiger partial charge in [0.1, 0.15) is 6.04 Å². The summed E-state index contributed by atoms with van der Waals surface area (Å²) in [7, 11) is 0. The molecule has 3 rings (SSSR count). The number of para-hydroxylation sites is 1. The minimum absolute atomic E-state index is 0.111. The fraction of sp³-hybridized carbons (Fsp3) is 0.381. The minimum atomic E-state index is -0.876. The fourth-order valence-corrected chi connectivity index (χ4v) is 3.21. The summed E-state index contributed by atoms with van der Waals surface area (Å²) in [5, 5.41) is 2.61. The molecule has 2 heterocycles. The minimum Gasteiger partial charge on any atom is -0.459 e. The van der Waals surface area contributed by atoms with Gasteiger partial charge in [-0.05, 0) is 42.5 Å². The number of carbonyl (C=O) groups is 3. The highest BCUT2D eigenvalue weighted by molar-refractivity contribution is 5.97. The predicted octanol–water partition coefficient (Wildman–Crippen LogP) is 2.56. The first-order valence-corrected chi connectivity index (χ1v) is 9.36. The standard InChI is InChI=1S/C21H24N2O5/c1-14(2)19(22-20(25)17-10-6-12-27-17)21(26)28-13-18(24)23-11-5-8-15-7-3-4-9-16(15)23/h3-4,6-7,9-10,12,14,19H,5,8,11,13H2,1-2H3,(H,22,25). The number of nitrogens with zero attached hydrogens (tertiary/aromatic N) is 1. The molecule has 0 aliphatic carbocycles. The van der Waals surface area contributed by atoms with E-state index in [1.54, 1.807) is 24.8 Å². The fourth-order valence-electron chi connectivity index (χ4n) is 3.21. The number of esters is 1. The van der Waals surface area contributed by atoms with E-state index in [-0.39, 0.29) is 24.2 Å². The molecule has 2 aromatic rings. The van der Waals surface area contributed by atoms with Gasteiger partial charge in [-0.1, -0.05) is 32.0 Å². The number of fused-ring (bicyclic) bond motifs is 1. The van der Waals surface area contributed by atoms with Crippen LogP contribution in [0.5, 0.6) is 0 Å². The van der Waals surface area contributed by atoms with Crippen molar-refractivity contribution in [2.24, 2.45) is 5.92 Å². The lowest BCUT2D eigenvalue weighted by atomic mass is 10.0. The maximum atomic E-state index is 12.6. The summed E-state index contributed by atoms with van der Waals surface area (Å²) < 4.78 is 10.3. The number of aryl methyl sites for hydroxylation is 1. The average Bonchev–Trinajstić information content (AvgIpc) is 3.24. The Kier molecular flexibility index (Phi) is 6.13. The molecule has 0 spiro atoms. The van der Waals surface area contributed by atoms with Crippen LogP contribution in [0.3, 0.4) is 0 Å². The first kappa shape index (κ1) is 19.7. The number of amides is 2. The van der Waals surface area contributed by atoms with E-state index in [1.165, 1.54) is 12.3 Å². The average molecular weight is 384 g/mol. The van der Waals surface area contributed by atoms with Crippen molar-refractivity contribution in [3.8, 4) is 0 Å². The summed E-state index contributed by atoms with van der Waals surface area (Å²) in [6.07, 6.45) is 3.17. The molecule has 1 aliphatic rings. The van der Waals surface area contributed by atoms with Crippen molar-refractivity contribution in [2.45, 2.75) is 32.7 Å². The van der Waals surface area contributed by atoms with Gasteiger partial charge in [0.15, 0.2) is 12.4 Å². The lowest BCUT2D eigenvalue weighted by Gasteiger charge is -2.29. The number of benzene rings is 1. The van der Waals surface area contributed by atoms with Crippen molar-refractivity contribution in [1.29, 1.82) is 0 Å². The third-order valence-corrected chi connectivity index (χ3v) is 4.70. The van der Waals surface area contributed by atoms with Crippen molar-refractivity contribution >= 4 is 23.5 Å². The highest BCUT2D eigenvalue weighted by Gasteiger charge is 2.29. The van der Waals surface area contributed by atoms with Gasteiger partial charge in [0, 0.05) is 12.2 Å². The third kappa shape index (κ3) is 4.42. The summed E-state index contributed by atoms with van der Waals surface area (Å²) >= 11 is 0. The molecular weight excluding hydrogens is 360 g/mol. The van der Waals surface area contributed by atoms with Gasteiger partial charge in [-0.15, -0.1) is 0 Å². The molecular formula is C21H24N2O5. The molecule has 0 bridgehead atoms. The highest BCUT2D eigenvalue weighted by atomic mass is 16.5. The van der Waals surface area contributed by atoms with E-state index in [0.29, 0.717) is 6.54 Å². The zero-order valence-corrected chi connectivity index (χ0v) is 16.0. The summed E-state index contributed by atoms with van der Waals surface area (Å²) in [6, 6.07) is 9.95. The molecule has 0 saturated carbocycles. The quantitative estimate of drug-likeness (QED) is 0.773. The van der Waals surface area contributed by atoms with Crippen molar-refractivity contribution in [1.82, 2.24) is 5.32 Å². The Morgan fingerprint density at radius 2 is 1.96 bits per heavy atom. The zero-order valence-electron chi connectivity index (χ0n) is 16.0. The maximum Gasteiger partial charge on any atom is 0.329 e. The van der Waals surface area contributed by atoms with E-state index in [0.717, 1.165) is 24.1 Å². The molecule has 0 fully saturated rings. The van der Waals surface area contributed by atoms with Crippen molar-refractivity contribution in [3.63, 3.8) is 0 Å². The Hall–Kier alpha value is -3.09. The Bertz CT molecular complexity index is 844. The lowest BCUT2D eigenvalue weighted by Crippen LogP contribution is -2.46. The SMILES string of the molecule is CC(C)C(NC(=O)c1ccco1)C(=O)OCC(=O)N1CCCc2ccccc21. The number of rotatable bonds is 6. The van der Waals surface area contributed by atoms with Crippen LogP contribution < -0.4 is 10.2 Å². The highest BCUT2D eigenvalue weighted by Crippen LogP contribution is 2.26. The van der Waals surface area contributed by atoms with Crippen LogP contribution in [0.1, 0.15) is 36.4 Å². The Morgan fingerprint density at radius 1 is 1.18 bits per heavy atom. The van der Waals surface area contributed by atoms with Crippen LogP contribution in [0.2, 0.25) is 0 Å². The molecule has 1 atom stereocenters. The van der Waals surface area contributed by atoms with Gasteiger partial charge in [0.05, 0.1) is 6.26 Å². The van der Waals surface area contributed by atoms with Gasteiger partial charge < -0.3 is 19.4 Å². The predicted molar refractivity (Wildman–Crippen MR) is 103 cm³/mol. The third-order valence-electron chi connectivity index (χ3n) is 4.70. The van der Waals surface area contributed by atoms with E-state index in [2.05, 4.69) is 5.32 Å². The Labute approximate surface area is 163 Å². The summed E-state index contributed by atoms with van der Waals surface area (Å²) in [5.41, 5.74) is 1.97. The molecule has 1 N–H and O–H groups in total. The normalized spacial score (nSPS) is 14.3. The van der Waals surface area contributed by atoms with Crippen LogP contribution in [0.15, 0.2) is 47.1 Å². The van der Waals surface area contributed by atoms with Gasteiger partial charge in [-0.2, -0.15) is 0 Å². The Morgan fingerprint density at radius 3 is 2.68 bits per heavy atom. The van der Waals surface area contributed by atoms with Crippen LogP contribution in [0.25, 0.3) is 0 Å². The van der Waals surface area contributed by atoms with Gasteiger partial charge in [0.2, 0.25) is 0 Å². The van der Waals surface area contributed by atoms with Crippen molar-refractivity contribution < 1.29 is 23.5 Å². The summed E-state index contributed by atoms with van der Waals surface area (Å²) in [6.45, 7) is 3.80. The summed E-state index contributed by atoms with van der Waals surface area (Å²) in [5.74, 6) is -1.53. The number of ether oxygens (including phenoxy) is 1. The van der Waals surface area contributed by atoms with E-state index in [1.807, 2.05) is 24.3 Å². The number of hydrogen-bond donors (Lipinski definition) is 1. The topological polar surface area (TPSA) is 88.9 Å². The molecule has 148 valence electrons. The van der Waals surface area contributed by atoms with Crippen molar-refractivity contribution in [3.05, 3.63) is 54.0 Å². The number of furan rings is 1. The number of hydrogen-bond acceptors (Lipinski definition) is 5. The van der Waals surface area contributed by atoms with Gasteiger partial charge in [-0.3, -0.25) is 9.59 Å². The Balaban J connectivity index is 1.60. The van der Waals surface area contributed by atoms with Crippen LogP contribution in [-0.2, 0) is 20.7 Å².